The van der Waals surface area contributed by atoms with Crippen molar-refractivity contribution in [3.8, 4) is 28.8 Å². The molecule has 0 fully saturated rings. The predicted octanol–water partition coefficient (Wildman–Crippen LogP) is 4.72. The minimum absolute atomic E-state index is 0.0743. The van der Waals surface area contributed by atoms with Crippen LogP contribution in [0.15, 0.2) is 60.8 Å². The zero-order chi connectivity index (χ0) is 20.6. The molecule has 1 heterocycles. The van der Waals surface area contributed by atoms with E-state index in [9.17, 15) is 4.79 Å². The Morgan fingerprint density at radius 1 is 1.00 bits per heavy atom. The minimum Gasteiger partial charge on any atom is -0.497 e. The lowest BCUT2D eigenvalue weighted by atomic mass is 10.1. The molecule has 0 unspecified atom stereocenters. The molecule has 0 radical (unpaired) electrons. The zero-order valence-electron chi connectivity index (χ0n) is 16.9. The van der Waals surface area contributed by atoms with Crippen LogP contribution in [0.4, 0.5) is 0 Å². The van der Waals surface area contributed by atoms with E-state index in [0.29, 0.717) is 35.5 Å². The van der Waals surface area contributed by atoms with Crippen molar-refractivity contribution in [2.45, 2.75) is 20.3 Å². The maximum atomic E-state index is 12.2. The smallest absolute Gasteiger partial charge is 0.251 e. The first kappa shape index (κ1) is 20.3. The number of hydrogen-bond donors (Lipinski definition) is 1. The average molecular weight is 391 g/mol. The fraction of sp³-hybridized carbons (Fsp3) is 0.261. The number of aromatic nitrogens is 2. The van der Waals surface area contributed by atoms with Gasteiger partial charge >= 0.3 is 0 Å². The quantitative estimate of drug-likeness (QED) is 0.601. The Hall–Kier alpha value is -3.41. The third-order valence-corrected chi connectivity index (χ3v) is 4.32. The molecule has 1 aromatic heterocycles. The van der Waals surface area contributed by atoms with Crippen LogP contribution in [0.5, 0.6) is 17.4 Å². The highest BCUT2D eigenvalue weighted by Gasteiger charge is 2.08. The maximum Gasteiger partial charge on any atom is 0.251 e. The van der Waals surface area contributed by atoms with Crippen LogP contribution in [0.1, 0.15) is 30.6 Å². The average Bonchev–Trinajstić information content (AvgIpc) is 2.74. The molecule has 0 saturated carbocycles. The number of carbonyl (C=O) groups excluding carboxylic acids is 1. The maximum absolute atomic E-state index is 12.2. The molecule has 0 atom stereocenters. The van der Waals surface area contributed by atoms with E-state index in [0.717, 1.165) is 17.7 Å². The first-order chi connectivity index (χ1) is 14.0. The number of amides is 1. The molecule has 3 aromatic rings. The van der Waals surface area contributed by atoms with Gasteiger partial charge in [0.05, 0.1) is 7.11 Å². The van der Waals surface area contributed by atoms with Gasteiger partial charge in [0.2, 0.25) is 5.88 Å². The summed E-state index contributed by atoms with van der Waals surface area (Å²) in [5.41, 5.74) is 1.42. The van der Waals surface area contributed by atoms with Crippen molar-refractivity contribution < 1.29 is 14.3 Å². The van der Waals surface area contributed by atoms with Crippen molar-refractivity contribution in [3.63, 3.8) is 0 Å². The Morgan fingerprint density at radius 3 is 2.34 bits per heavy atom. The molecule has 2 aromatic carbocycles. The van der Waals surface area contributed by atoms with E-state index < -0.39 is 0 Å². The Kier molecular flexibility index (Phi) is 6.79. The number of rotatable bonds is 8. The molecule has 0 bridgehead atoms. The summed E-state index contributed by atoms with van der Waals surface area (Å²) in [7, 11) is 1.62. The van der Waals surface area contributed by atoms with E-state index in [1.807, 2.05) is 36.4 Å². The number of hydrogen-bond acceptors (Lipinski definition) is 5. The second-order valence-electron chi connectivity index (χ2n) is 7.01. The van der Waals surface area contributed by atoms with Crippen LogP contribution >= 0.6 is 0 Å². The second kappa shape index (κ2) is 9.68. The van der Waals surface area contributed by atoms with Gasteiger partial charge in [-0.05, 0) is 48.7 Å². The van der Waals surface area contributed by atoms with Crippen LogP contribution in [0.2, 0.25) is 0 Å². The lowest BCUT2D eigenvalue weighted by molar-refractivity contribution is 0.0952. The molecule has 150 valence electrons. The summed E-state index contributed by atoms with van der Waals surface area (Å²) >= 11 is 0. The van der Waals surface area contributed by atoms with Gasteiger partial charge in [-0.1, -0.05) is 26.0 Å². The lowest BCUT2D eigenvalue weighted by Crippen LogP contribution is -2.25. The summed E-state index contributed by atoms with van der Waals surface area (Å²) in [6.07, 6.45) is 2.60. The predicted molar refractivity (Wildman–Crippen MR) is 112 cm³/mol. The molecule has 0 aliphatic rings. The third-order valence-electron chi connectivity index (χ3n) is 4.32. The van der Waals surface area contributed by atoms with Crippen molar-refractivity contribution in [1.82, 2.24) is 15.3 Å². The minimum atomic E-state index is -0.0743. The van der Waals surface area contributed by atoms with Crippen molar-refractivity contribution in [3.05, 3.63) is 66.4 Å². The SMILES string of the molecule is COc1ccc(Oc2ccnc(-c3ccc(C(=O)NCCC(C)C)cc3)n2)cc1. The van der Waals surface area contributed by atoms with Gasteiger partial charge in [0.25, 0.3) is 5.91 Å². The van der Waals surface area contributed by atoms with Crippen LogP contribution < -0.4 is 14.8 Å². The van der Waals surface area contributed by atoms with E-state index in [4.69, 9.17) is 9.47 Å². The molecular formula is C23H25N3O3. The summed E-state index contributed by atoms with van der Waals surface area (Å²) < 4.78 is 10.9. The first-order valence-corrected chi connectivity index (χ1v) is 9.59. The van der Waals surface area contributed by atoms with Crippen LogP contribution in [0.3, 0.4) is 0 Å². The highest BCUT2D eigenvalue weighted by Crippen LogP contribution is 2.24. The lowest BCUT2D eigenvalue weighted by Gasteiger charge is -2.09. The molecule has 1 N–H and O–H groups in total. The van der Waals surface area contributed by atoms with Crippen molar-refractivity contribution in [1.29, 1.82) is 0 Å². The Labute approximate surface area is 170 Å². The third kappa shape index (κ3) is 5.78. The van der Waals surface area contributed by atoms with Gasteiger partial charge in [-0.3, -0.25) is 4.79 Å². The number of methoxy groups -OCH3 is 1. The summed E-state index contributed by atoms with van der Waals surface area (Å²) in [4.78, 5) is 21.0. The van der Waals surface area contributed by atoms with E-state index in [-0.39, 0.29) is 5.91 Å². The molecule has 6 nitrogen and oxygen atoms in total. The number of nitrogens with zero attached hydrogens (tertiary/aromatic N) is 2. The second-order valence-corrected chi connectivity index (χ2v) is 7.01. The van der Waals surface area contributed by atoms with E-state index in [1.165, 1.54) is 0 Å². The van der Waals surface area contributed by atoms with Crippen LogP contribution in [0.25, 0.3) is 11.4 Å². The Bertz CT molecular complexity index is 938. The molecule has 0 aliphatic carbocycles. The zero-order valence-corrected chi connectivity index (χ0v) is 16.9. The molecule has 29 heavy (non-hydrogen) atoms. The van der Waals surface area contributed by atoms with Gasteiger partial charge in [-0.15, -0.1) is 0 Å². The standard InChI is InChI=1S/C23H25N3O3/c1-16(2)12-14-25-23(27)18-6-4-17(5-7-18)22-24-15-13-21(26-22)29-20-10-8-19(28-3)9-11-20/h4-11,13,15-16H,12,14H2,1-3H3,(H,25,27). The van der Waals surface area contributed by atoms with Gasteiger partial charge in [-0.2, -0.15) is 4.98 Å². The van der Waals surface area contributed by atoms with Gasteiger partial charge in [-0.25, -0.2) is 4.98 Å². The number of benzene rings is 2. The van der Waals surface area contributed by atoms with Gasteiger partial charge in [0, 0.05) is 29.9 Å². The Morgan fingerprint density at radius 2 is 1.69 bits per heavy atom. The van der Waals surface area contributed by atoms with Crippen LogP contribution in [-0.4, -0.2) is 29.5 Å². The van der Waals surface area contributed by atoms with E-state index in [1.54, 1.807) is 31.5 Å². The molecule has 1 amide bonds. The van der Waals surface area contributed by atoms with Gasteiger partial charge < -0.3 is 14.8 Å². The normalized spacial score (nSPS) is 10.6. The topological polar surface area (TPSA) is 73.3 Å². The summed E-state index contributed by atoms with van der Waals surface area (Å²) in [6, 6.07) is 16.2. The molecule has 0 saturated heterocycles. The summed E-state index contributed by atoms with van der Waals surface area (Å²) in [5.74, 6) is 2.87. The first-order valence-electron chi connectivity index (χ1n) is 9.59. The van der Waals surface area contributed by atoms with Crippen LogP contribution in [-0.2, 0) is 0 Å². The van der Waals surface area contributed by atoms with Crippen LogP contribution in [0, 0.1) is 5.92 Å². The monoisotopic (exact) mass is 391 g/mol. The van der Waals surface area contributed by atoms with Crippen molar-refractivity contribution in [2.75, 3.05) is 13.7 Å². The molecule has 0 aliphatic heterocycles. The van der Waals surface area contributed by atoms with Gasteiger partial charge in [0.15, 0.2) is 5.82 Å². The molecule has 0 spiro atoms. The number of nitrogens with one attached hydrogen (secondary N) is 1. The summed E-state index contributed by atoms with van der Waals surface area (Å²) in [5, 5.41) is 2.93. The fourth-order valence-electron chi connectivity index (χ4n) is 2.65. The molecular weight excluding hydrogens is 366 g/mol. The highest BCUT2D eigenvalue weighted by atomic mass is 16.5. The largest absolute Gasteiger partial charge is 0.497 e. The van der Waals surface area contributed by atoms with Gasteiger partial charge in [0.1, 0.15) is 11.5 Å². The van der Waals surface area contributed by atoms with E-state index >= 15 is 0 Å². The molecule has 6 heteroatoms. The summed E-state index contributed by atoms with van der Waals surface area (Å²) in [6.45, 7) is 4.94. The number of carbonyl (C=O) groups is 1. The highest BCUT2D eigenvalue weighted by molar-refractivity contribution is 5.94. The van der Waals surface area contributed by atoms with Crippen molar-refractivity contribution in [2.24, 2.45) is 5.92 Å². The fourth-order valence-corrected chi connectivity index (χ4v) is 2.65. The van der Waals surface area contributed by atoms with Crippen molar-refractivity contribution >= 4 is 5.91 Å². The number of ether oxygens (including phenoxy) is 2. The van der Waals surface area contributed by atoms with E-state index in [2.05, 4.69) is 29.1 Å². The molecule has 3 rings (SSSR count). The Balaban J connectivity index is 1.67.